The van der Waals surface area contributed by atoms with Crippen molar-refractivity contribution in [2.45, 2.75) is 5.92 Å². The van der Waals surface area contributed by atoms with Crippen LogP contribution in [0.5, 0.6) is 0 Å². The smallest absolute Gasteiger partial charge is 0.342 e. The quantitative estimate of drug-likeness (QED) is 0.377. The maximum absolute atomic E-state index is 13.2. The molecule has 0 atom stereocenters. The van der Waals surface area contributed by atoms with Gasteiger partial charge in [0.15, 0.2) is 0 Å². The van der Waals surface area contributed by atoms with E-state index in [1.165, 1.54) is 0 Å². The molecule has 0 bridgehead atoms. The van der Waals surface area contributed by atoms with Crippen LogP contribution >= 0.6 is 0 Å². The van der Waals surface area contributed by atoms with Crippen molar-refractivity contribution in [1.29, 1.82) is 5.26 Å². The third-order valence-corrected chi connectivity index (χ3v) is 5.90. The molecule has 6 nitrogen and oxygen atoms in total. The third-order valence-electron chi connectivity index (χ3n) is 5.90. The Hall–Kier alpha value is -4.63. The van der Waals surface area contributed by atoms with Gasteiger partial charge in [-0.1, -0.05) is 36.4 Å². The zero-order valence-corrected chi connectivity index (χ0v) is 16.6. The highest BCUT2D eigenvalue weighted by atomic mass is 16.4. The molecule has 0 fully saturated rings. The summed E-state index contributed by atoms with van der Waals surface area (Å²) in [7, 11) is 0. The molecule has 0 amide bonds. The number of rotatable bonds is 1. The maximum atomic E-state index is 13.2. The molecule has 152 valence electrons. The van der Waals surface area contributed by atoms with Gasteiger partial charge in [0, 0.05) is 10.8 Å². The van der Waals surface area contributed by atoms with Crippen LogP contribution in [0.15, 0.2) is 91.2 Å². The lowest BCUT2D eigenvalue weighted by Crippen LogP contribution is -2.27. The van der Waals surface area contributed by atoms with Gasteiger partial charge in [0.2, 0.25) is 0 Å². The molecular weight excluding hydrogens is 404 g/mol. The van der Waals surface area contributed by atoms with Gasteiger partial charge in [0.25, 0.3) is 0 Å². The van der Waals surface area contributed by atoms with Gasteiger partial charge in [-0.15, -0.1) is 0 Å². The van der Waals surface area contributed by atoms with Gasteiger partial charge in [0.1, 0.15) is 11.2 Å². The first kappa shape index (κ1) is 18.2. The van der Waals surface area contributed by atoms with Crippen LogP contribution in [0, 0.1) is 11.3 Å². The van der Waals surface area contributed by atoms with Crippen LogP contribution in [-0.4, -0.2) is 0 Å². The molecule has 1 N–H and O–H groups in total. The number of benzene rings is 3. The van der Waals surface area contributed by atoms with Crippen LogP contribution in [0.1, 0.15) is 28.2 Å². The molecule has 0 spiro atoms. The number of hydrogen-bond acceptors (Lipinski definition) is 6. The van der Waals surface area contributed by atoms with Crippen molar-refractivity contribution < 1.29 is 8.83 Å². The number of para-hydroxylation sites is 2. The van der Waals surface area contributed by atoms with E-state index in [4.69, 9.17) is 8.83 Å². The number of fused-ring (bicyclic) bond motifs is 6. The van der Waals surface area contributed by atoms with Crippen LogP contribution < -0.4 is 16.6 Å². The summed E-state index contributed by atoms with van der Waals surface area (Å²) in [5.74, 6) is -0.712. The lowest BCUT2D eigenvalue weighted by Gasteiger charge is -2.29. The van der Waals surface area contributed by atoms with E-state index in [2.05, 4.69) is 11.4 Å². The first-order chi connectivity index (χ1) is 15.7. The van der Waals surface area contributed by atoms with E-state index < -0.39 is 17.2 Å². The van der Waals surface area contributed by atoms with Crippen LogP contribution in [0.3, 0.4) is 0 Å². The molecule has 2 aromatic heterocycles. The second-order valence-electron chi connectivity index (χ2n) is 7.64. The minimum atomic E-state index is -0.712. The highest BCUT2D eigenvalue weighted by Gasteiger charge is 2.36. The monoisotopic (exact) mass is 418 g/mol. The molecule has 6 rings (SSSR count). The molecule has 0 saturated heterocycles. The minimum Gasteiger partial charge on any atom is -0.422 e. The predicted molar refractivity (Wildman–Crippen MR) is 120 cm³/mol. The maximum Gasteiger partial charge on any atom is 0.342 e. The molecule has 1 aliphatic heterocycles. The summed E-state index contributed by atoms with van der Waals surface area (Å²) in [6, 6.07) is 23.5. The highest BCUT2D eigenvalue weighted by Crippen LogP contribution is 2.46. The number of nitrogens with one attached hydrogen (secondary N) is 1. The zero-order valence-electron chi connectivity index (χ0n) is 16.6. The van der Waals surface area contributed by atoms with Gasteiger partial charge in [-0.25, -0.2) is 9.59 Å². The number of hydrogen-bond donors (Lipinski definition) is 1. The lowest BCUT2D eigenvalue weighted by molar-refractivity contribution is 0.535. The molecular formula is C26H14N2O4. The van der Waals surface area contributed by atoms with Gasteiger partial charge in [0.05, 0.1) is 40.1 Å². The summed E-state index contributed by atoms with van der Waals surface area (Å²) in [4.78, 5) is 26.4. The highest BCUT2D eigenvalue weighted by molar-refractivity contribution is 6.02. The molecule has 3 aromatic carbocycles. The molecule has 0 unspecified atom stereocenters. The molecule has 0 saturated carbocycles. The van der Waals surface area contributed by atoms with E-state index in [0.29, 0.717) is 44.8 Å². The van der Waals surface area contributed by atoms with E-state index in [-0.39, 0.29) is 0 Å². The first-order valence-electron chi connectivity index (χ1n) is 10.0. The van der Waals surface area contributed by atoms with Crippen LogP contribution in [-0.2, 0) is 0 Å². The summed E-state index contributed by atoms with van der Waals surface area (Å²) in [5, 5.41) is 14.0. The summed E-state index contributed by atoms with van der Waals surface area (Å²) >= 11 is 0. The van der Waals surface area contributed by atoms with Crippen molar-refractivity contribution in [3.8, 4) is 6.07 Å². The van der Waals surface area contributed by atoms with Crippen molar-refractivity contribution in [2.24, 2.45) is 0 Å². The van der Waals surface area contributed by atoms with Gasteiger partial charge in [-0.3, -0.25) is 0 Å². The van der Waals surface area contributed by atoms with E-state index in [0.717, 1.165) is 10.8 Å². The van der Waals surface area contributed by atoms with Crippen molar-refractivity contribution in [1.82, 2.24) is 0 Å². The van der Waals surface area contributed by atoms with Gasteiger partial charge < -0.3 is 14.2 Å². The van der Waals surface area contributed by atoms with Gasteiger partial charge >= 0.3 is 11.3 Å². The summed E-state index contributed by atoms with van der Waals surface area (Å²) in [6.07, 6.45) is 0. The second kappa shape index (κ2) is 6.69. The van der Waals surface area contributed by atoms with Crippen molar-refractivity contribution >= 4 is 33.3 Å². The van der Waals surface area contributed by atoms with Crippen molar-refractivity contribution in [2.75, 3.05) is 5.32 Å². The summed E-state index contributed by atoms with van der Waals surface area (Å²) in [5.41, 5.74) is 2.92. The standard InChI is InChI=1S/C26H14N2O4/c27-13-14-9-11-15(12-10-14)20-21-23(16-5-1-3-7-18(16)31-25(21)29)28-24-17-6-2-4-8-19(17)32-26(30)22(20)24/h1-12,20,28H. The van der Waals surface area contributed by atoms with Crippen molar-refractivity contribution in [3.05, 3.63) is 116 Å². The Kier molecular flexibility index (Phi) is 3.80. The molecule has 6 heteroatoms. The molecule has 32 heavy (non-hydrogen) atoms. The van der Waals surface area contributed by atoms with E-state index in [9.17, 15) is 14.9 Å². The van der Waals surface area contributed by atoms with Gasteiger partial charge in [-0.05, 0) is 42.0 Å². The molecule has 5 aromatic rings. The average Bonchev–Trinajstić information content (AvgIpc) is 2.83. The minimum absolute atomic E-state index is 0.337. The molecule has 0 aliphatic carbocycles. The van der Waals surface area contributed by atoms with E-state index >= 15 is 0 Å². The zero-order chi connectivity index (χ0) is 21.8. The summed E-state index contributed by atoms with van der Waals surface area (Å²) < 4.78 is 11.2. The molecule has 1 aliphatic rings. The Bertz CT molecular complexity index is 1610. The average molecular weight is 418 g/mol. The Morgan fingerprint density at radius 1 is 0.719 bits per heavy atom. The van der Waals surface area contributed by atoms with E-state index in [1.54, 1.807) is 48.5 Å². The topological polar surface area (TPSA) is 96.2 Å². The molecule has 3 heterocycles. The second-order valence-corrected chi connectivity index (χ2v) is 7.64. The largest absolute Gasteiger partial charge is 0.422 e. The fraction of sp³-hybridized carbons (Fsp3) is 0.0385. The first-order valence-corrected chi connectivity index (χ1v) is 10.0. The number of nitriles is 1. The SMILES string of the molecule is N#Cc1ccc(C2c3c(c4ccccc4oc3=O)Nc3c2c(=O)oc2ccccc32)cc1. The predicted octanol–water partition coefficient (Wildman–Crippen LogP) is 5.01. The fourth-order valence-corrected chi connectivity index (χ4v) is 4.47. The van der Waals surface area contributed by atoms with E-state index in [1.807, 2.05) is 24.3 Å². The normalized spacial score (nSPS) is 12.7. The molecule has 0 radical (unpaired) electrons. The third kappa shape index (κ3) is 2.52. The van der Waals surface area contributed by atoms with Gasteiger partial charge in [-0.2, -0.15) is 5.26 Å². The Balaban J connectivity index is 1.77. The summed E-state index contributed by atoms with van der Waals surface area (Å²) in [6.45, 7) is 0. The lowest BCUT2D eigenvalue weighted by atomic mass is 9.81. The van der Waals surface area contributed by atoms with Crippen LogP contribution in [0.25, 0.3) is 21.9 Å². The number of nitrogens with zero attached hydrogens (tertiary/aromatic N) is 1. The number of anilines is 2. The van der Waals surface area contributed by atoms with Crippen molar-refractivity contribution in [3.63, 3.8) is 0 Å². The Morgan fingerprint density at radius 3 is 1.72 bits per heavy atom. The Labute approximate surface area is 181 Å². The van der Waals surface area contributed by atoms with Crippen LogP contribution in [0.4, 0.5) is 11.4 Å². The fourth-order valence-electron chi connectivity index (χ4n) is 4.47. The van der Waals surface area contributed by atoms with Crippen LogP contribution in [0.2, 0.25) is 0 Å². The Morgan fingerprint density at radius 2 is 1.22 bits per heavy atom.